The molecule has 0 saturated heterocycles. The Bertz CT molecular complexity index is 701. The molecule has 2 aliphatic rings. The third-order valence-corrected chi connectivity index (χ3v) is 4.49. The van der Waals surface area contributed by atoms with E-state index in [1.165, 1.54) is 6.20 Å². The number of rotatable bonds is 1. The molecular formula is C16H16N2O3. The number of nitrogens with zero attached hydrogens (tertiary/aromatic N) is 2. The smallest absolute Gasteiger partial charge is 0.247 e. The maximum absolute atomic E-state index is 12.6. The molecule has 2 heterocycles. The second kappa shape index (κ2) is 4.70. The maximum Gasteiger partial charge on any atom is 0.247 e. The summed E-state index contributed by atoms with van der Waals surface area (Å²) in [6, 6.07) is 8.94. The molecule has 0 radical (unpaired) electrons. The molecule has 1 aromatic carbocycles. The van der Waals surface area contributed by atoms with Crippen LogP contribution in [0.4, 0.5) is 0 Å². The van der Waals surface area contributed by atoms with E-state index in [4.69, 9.17) is 4.42 Å². The predicted octanol–water partition coefficient (Wildman–Crippen LogP) is 3.63. The van der Waals surface area contributed by atoms with Crippen LogP contribution in [0.5, 0.6) is 0 Å². The Morgan fingerprint density at radius 2 is 2.05 bits per heavy atom. The minimum atomic E-state index is -0.260. The number of para-hydroxylation sites is 1. The predicted molar refractivity (Wildman–Crippen MR) is 79.1 cm³/mol. The summed E-state index contributed by atoms with van der Waals surface area (Å²) in [6.45, 7) is 0. The maximum atomic E-state index is 12.6. The first kappa shape index (κ1) is 12.6. The van der Waals surface area contributed by atoms with Crippen molar-refractivity contribution in [2.75, 3.05) is 0 Å². The van der Waals surface area contributed by atoms with Crippen molar-refractivity contribution in [3.63, 3.8) is 0 Å². The molecule has 108 valence electrons. The monoisotopic (exact) mass is 284 g/mol. The van der Waals surface area contributed by atoms with Crippen LogP contribution < -0.4 is 0 Å². The van der Waals surface area contributed by atoms with Crippen molar-refractivity contribution in [3.8, 4) is 0 Å². The van der Waals surface area contributed by atoms with Crippen molar-refractivity contribution in [2.24, 2.45) is 0 Å². The summed E-state index contributed by atoms with van der Waals surface area (Å²) in [7, 11) is 0. The normalized spacial score (nSPS) is 25.9. The lowest BCUT2D eigenvalue weighted by Crippen LogP contribution is -2.49. The molecular weight excluding hydrogens is 268 g/mol. The third kappa shape index (κ3) is 1.96. The van der Waals surface area contributed by atoms with Gasteiger partial charge in [-0.2, -0.15) is 0 Å². The van der Waals surface area contributed by atoms with Gasteiger partial charge in [-0.25, -0.2) is 0 Å². The van der Waals surface area contributed by atoms with Crippen LogP contribution in [0.15, 0.2) is 40.9 Å². The van der Waals surface area contributed by atoms with Gasteiger partial charge in [-0.15, -0.1) is 0 Å². The lowest BCUT2D eigenvalue weighted by molar-refractivity contribution is -0.536. The van der Waals surface area contributed by atoms with Crippen LogP contribution in [0.3, 0.4) is 0 Å². The van der Waals surface area contributed by atoms with Gasteiger partial charge in [0.05, 0.1) is 6.04 Å². The zero-order valence-electron chi connectivity index (χ0n) is 11.6. The SMILES string of the molecule is O=[N+]1C=C(c2cc3ccccc3o2)N([O-])[C@@H]2CCCC[C@H]21. The molecule has 4 rings (SSSR count). The molecule has 2 atom stereocenters. The van der Waals surface area contributed by atoms with E-state index >= 15 is 0 Å². The highest BCUT2D eigenvalue weighted by Gasteiger charge is 2.42. The van der Waals surface area contributed by atoms with Gasteiger partial charge in [-0.1, -0.05) is 24.6 Å². The molecule has 5 heteroatoms. The van der Waals surface area contributed by atoms with Gasteiger partial charge >= 0.3 is 0 Å². The van der Waals surface area contributed by atoms with Crippen molar-refractivity contribution < 1.29 is 9.18 Å². The summed E-state index contributed by atoms with van der Waals surface area (Å²) in [5.74, 6) is 0.469. The van der Waals surface area contributed by atoms with E-state index in [1.54, 1.807) is 0 Å². The van der Waals surface area contributed by atoms with Crippen LogP contribution in [-0.2, 0) is 0 Å². The van der Waals surface area contributed by atoms with Crippen molar-refractivity contribution >= 4 is 16.7 Å². The second-order valence-corrected chi connectivity index (χ2v) is 5.77. The number of hydroxylamine groups is 2. The van der Waals surface area contributed by atoms with Gasteiger partial charge in [0, 0.05) is 21.5 Å². The van der Waals surface area contributed by atoms with Gasteiger partial charge in [-0.05, 0) is 25.0 Å². The topological polar surface area (TPSA) is 59.5 Å². The van der Waals surface area contributed by atoms with E-state index in [0.29, 0.717) is 11.5 Å². The minimum absolute atomic E-state index is 0.218. The Hall–Kier alpha value is -2.14. The Balaban J connectivity index is 1.78. The van der Waals surface area contributed by atoms with Crippen LogP contribution in [0, 0.1) is 10.1 Å². The van der Waals surface area contributed by atoms with Gasteiger partial charge in [0.25, 0.3) is 0 Å². The van der Waals surface area contributed by atoms with Gasteiger partial charge in [0.15, 0.2) is 5.76 Å². The molecule has 0 unspecified atom stereocenters. The summed E-state index contributed by atoms with van der Waals surface area (Å²) >= 11 is 0. The first-order valence-electron chi connectivity index (χ1n) is 7.36. The average Bonchev–Trinajstić information content (AvgIpc) is 2.94. The third-order valence-electron chi connectivity index (χ3n) is 4.49. The summed E-state index contributed by atoms with van der Waals surface area (Å²) in [5.41, 5.74) is 1.06. The highest BCUT2D eigenvalue weighted by molar-refractivity contribution is 5.81. The number of hydrogen-bond donors (Lipinski definition) is 0. The Morgan fingerprint density at radius 1 is 1.24 bits per heavy atom. The molecule has 1 fully saturated rings. The van der Waals surface area contributed by atoms with Crippen LogP contribution in [-0.4, -0.2) is 21.9 Å². The molecule has 0 amide bonds. The number of fused-ring (bicyclic) bond motifs is 2. The lowest BCUT2D eigenvalue weighted by Gasteiger charge is -2.43. The van der Waals surface area contributed by atoms with Crippen LogP contribution in [0.25, 0.3) is 16.7 Å². The Labute approximate surface area is 122 Å². The molecule has 5 nitrogen and oxygen atoms in total. The van der Waals surface area contributed by atoms with Crippen molar-refractivity contribution in [2.45, 2.75) is 37.8 Å². The zero-order chi connectivity index (χ0) is 14.4. The molecule has 0 N–H and O–H groups in total. The van der Waals surface area contributed by atoms with E-state index < -0.39 is 0 Å². The van der Waals surface area contributed by atoms with Gasteiger partial charge in [0.1, 0.15) is 11.3 Å². The molecule has 0 spiro atoms. The Morgan fingerprint density at radius 3 is 2.90 bits per heavy atom. The summed E-state index contributed by atoms with van der Waals surface area (Å²) < 4.78 is 6.68. The van der Waals surface area contributed by atoms with E-state index in [-0.39, 0.29) is 12.1 Å². The summed E-state index contributed by atoms with van der Waals surface area (Å²) in [5, 5.41) is 14.5. The van der Waals surface area contributed by atoms with E-state index in [2.05, 4.69) is 0 Å². The summed E-state index contributed by atoms with van der Waals surface area (Å²) in [6.07, 6.45) is 4.96. The minimum Gasteiger partial charge on any atom is -0.758 e. The quantitative estimate of drug-likeness (QED) is 0.750. The first-order chi connectivity index (χ1) is 10.2. The number of furan rings is 1. The van der Waals surface area contributed by atoms with E-state index in [1.807, 2.05) is 30.3 Å². The number of nitroso groups, excluding NO2 is 1. The molecule has 1 saturated carbocycles. The van der Waals surface area contributed by atoms with Gasteiger partial charge in [0.2, 0.25) is 12.2 Å². The number of hydrogen-bond acceptors (Lipinski definition) is 4. The van der Waals surface area contributed by atoms with Crippen LogP contribution >= 0.6 is 0 Å². The van der Waals surface area contributed by atoms with Crippen LogP contribution in [0.1, 0.15) is 31.4 Å². The Kier molecular flexibility index (Phi) is 2.82. The molecule has 0 bridgehead atoms. The largest absolute Gasteiger partial charge is 0.758 e. The molecule has 1 aromatic heterocycles. The highest BCUT2D eigenvalue weighted by atomic mass is 16.5. The fourth-order valence-electron chi connectivity index (χ4n) is 3.39. The first-order valence-corrected chi connectivity index (χ1v) is 7.36. The average molecular weight is 284 g/mol. The highest BCUT2D eigenvalue weighted by Crippen LogP contribution is 2.36. The molecule has 21 heavy (non-hydrogen) atoms. The standard InChI is InChI=1S/C16H16N2O3/c19-17-10-14(18(20)13-7-3-2-6-12(13)17)16-9-11-5-1-4-8-15(11)21-16/h1,4-5,8-10,12-13H,2-3,6-7H2/t12-,13-/m1/s1. The van der Waals surface area contributed by atoms with E-state index in [9.17, 15) is 10.1 Å². The van der Waals surface area contributed by atoms with Gasteiger partial charge < -0.3 is 14.7 Å². The van der Waals surface area contributed by atoms with E-state index in [0.717, 1.165) is 46.5 Å². The van der Waals surface area contributed by atoms with Crippen molar-refractivity contribution in [1.82, 2.24) is 5.06 Å². The second-order valence-electron chi connectivity index (χ2n) is 5.77. The fourth-order valence-corrected chi connectivity index (χ4v) is 3.39. The van der Waals surface area contributed by atoms with Crippen molar-refractivity contribution in [1.29, 1.82) is 0 Å². The molecule has 1 aliphatic heterocycles. The fraction of sp³-hybridized carbons (Fsp3) is 0.375. The molecule has 2 aromatic rings. The van der Waals surface area contributed by atoms with Crippen LogP contribution in [0.2, 0.25) is 0 Å². The lowest BCUT2D eigenvalue weighted by atomic mass is 9.88. The zero-order valence-corrected chi connectivity index (χ0v) is 11.6. The van der Waals surface area contributed by atoms with Crippen molar-refractivity contribution in [3.05, 3.63) is 52.4 Å². The molecule has 1 aliphatic carbocycles. The summed E-state index contributed by atoms with van der Waals surface area (Å²) in [4.78, 5) is 12.2. The number of benzene rings is 1. The van der Waals surface area contributed by atoms with Gasteiger partial charge in [-0.3, -0.25) is 0 Å².